The van der Waals surface area contributed by atoms with Crippen molar-refractivity contribution in [2.75, 3.05) is 19.6 Å². The molecule has 2 heterocycles. The van der Waals surface area contributed by atoms with Crippen LogP contribution in [-0.4, -0.2) is 46.5 Å². The SMILES string of the molecule is Cc1c(O)ccc2c1CC1CN(Cc3ccccc3)CCN1C2=O. The summed E-state index contributed by atoms with van der Waals surface area (Å²) in [5, 5.41) is 9.97. The van der Waals surface area contributed by atoms with Crippen LogP contribution < -0.4 is 0 Å². The molecular formula is C20H22N2O2. The zero-order chi connectivity index (χ0) is 16.7. The monoisotopic (exact) mass is 322 g/mol. The molecule has 1 amide bonds. The average Bonchev–Trinajstić information content (AvgIpc) is 2.59. The third-order valence-corrected chi connectivity index (χ3v) is 5.32. The van der Waals surface area contributed by atoms with Crippen molar-refractivity contribution >= 4 is 5.91 Å². The van der Waals surface area contributed by atoms with Gasteiger partial charge in [0.25, 0.3) is 5.91 Å². The number of rotatable bonds is 2. The van der Waals surface area contributed by atoms with Gasteiger partial charge in [0.05, 0.1) is 0 Å². The second-order valence-corrected chi connectivity index (χ2v) is 6.81. The van der Waals surface area contributed by atoms with Crippen LogP contribution in [0.2, 0.25) is 0 Å². The Morgan fingerprint density at radius 2 is 1.92 bits per heavy atom. The van der Waals surface area contributed by atoms with E-state index in [0.717, 1.165) is 49.3 Å². The molecule has 0 radical (unpaired) electrons. The Morgan fingerprint density at radius 3 is 2.71 bits per heavy atom. The lowest BCUT2D eigenvalue weighted by Gasteiger charge is -2.44. The number of hydrogen-bond acceptors (Lipinski definition) is 3. The molecule has 4 nitrogen and oxygen atoms in total. The standard InChI is InChI=1S/C20H22N2O2/c1-14-18-11-16-13-21(12-15-5-3-2-4-6-15)9-10-22(16)20(24)17(18)7-8-19(14)23/h2-8,16,23H,9-13H2,1H3. The molecule has 24 heavy (non-hydrogen) atoms. The lowest BCUT2D eigenvalue weighted by Crippen LogP contribution is -2.57. The van der Waals surface area contributed by atoms with Gasteiger partial charge in [-0.05, 0) is 42.2 Å². The van der Waals surface area contributed by atoms with Crippen LogP contribution in [-0.2, 0) is 13.0 Å². The van der Waals surface area contributed by atoms with E-state index in [9.17, 15) is 9.90 Å². The molecule has 1 saturated heterocycles. The van der Waals surface area contributed by atoms with Gasteiger partial charge in [-0.3, -0.25) is 9.69 Å². The smallest absolute Gasteiger partial charge is 0.254 e. The minimum absolute atomic E-state index is 0.115. The Hall–Kier alpha value is -2.33. The number of fused-ring (bicyclic) bond motifs is 2. The number of carbonyl (C=O) groups is 1. The fourth-order valence-electron chi connectivity index (χ4n) is 3.95. The van der Waals surface area contributed by atoms with E-state index in [1.54, 1.807) is 12.1 Å². The largest absolute Gasteiger partial charge is 0.508 e. The van der Waals surface area contributed by atoms with Crippen LogP contribution in [0.5, 0.6) is 5.75 Å². The molecule has 2 aromatic rings. The number of aromatic hydroxyl groups is 1. The van der Waals surface area contributed by atoms with E-state index in [0.29, 0.717) is 0 Å². The Labute approximate surface area is 142 Å². The van der Waals surface area contributed by atoms with Crippen molar-refractivity contribution in [1.82, 2.24) is 9.80 Å². The van der Waals surface area contributed by atoms with Gasteiger partial charge < -0.3 is 10.0 Å². The summed E-state index contributed by atoms with van der Waals surface area (Å²) in [6.45, 7) is 5.39. The first-order valence-electron chi connectivity index (χ1n) is 8.52. The van der Waals surface area contributed by atoms with Gasteiger partial charge in [0.15, 0.2) is 0 Å². The van der Waals surface area contributed by atoms with Gasteiger partial charge in [-0.2, -0.15) is 0 Å². The maximum Gasteiger partial charge on any atom is 0.254 e. The molecular weight excluding hydrogens is 300 g/mol. The number of piperazine rings is 1. The number of hydrogen-bond donors (Lipinski definition) is 1. The number of nitrogens with zero attached hydrogens (tertiary/aromatic N) is 2. The van der Waals surface area contributed by atoms with Crippen LogP contribution in [0, 0.1) is 6.92 Å². The van der Waals surface area contributed by atoms with Crippen LogP contribution in [0.3, 0.4) is 0 Å². The van der Waals surface area contributed by atoms with Gasteiger partial charge in [-0.1, -0.05) is 30.3 Å². The molecule has 1 fully saturated rings. The molecule has 1 N–H and O–H groups in total. The van der Waals surface area contributed by atoms with Gasteiger partial charge in [-0.15, -0.1) is 0 Å². The van der Waals surface area contributed by atoms with Crippen LogP contribution in [0.4, 0.5) is 0 Å². The summed E-state index contributed by atoms with van der Waals surface area (Å²) in [7, 11) is 0. The fraction of sp³-hybridized carbons (Fsp3) is 0.350. The van der Waals surface area contributed by atoms with E-state index in [-0.39, 0.29) is 17.7 Å². The number of benzene rings is 2. The summed E-state index contributed by atoms with van der Waals surface area (Å²) < 4.78 is 0. The summed E-state index contributed by atoms with van der Waals surface area (Å²) in [4.78, 5) is 17.2. The van der Waals surface area contributed by atoms with Crippen molar-refractivity contribution in [2.24, 2.45) is 0 Å². The summed E-state index contributed by atoms with van der Waals surface area (Å²) >= 11 is 0. The van der Waals surface area contributed by atoms with Crippen molar-refractivity contribution in [3.8, 4) is 5.75 Å². The highest BCUT2D eigenvalue weighted by molar-refractivity contribution is 5.97. The summed E-state index contributed by atoms with van der Waals surface area (Å²) in [5.41, 5.74) is 3.93. The highest BCUT2D eigenvalue weighted by Gasteiger charge is 2.37. The van der Waals surface area contributed by atoms with Crippen molar-refractivity contribution in [3.63, 3.8) is 0 Å². The van der Waals surface area contributed by atoms with E-state index in [1.165, 1.54) is 5.56 Å². The number of amides is 1. The number of carbonyl (C=O) groups excluding carboxylic acids is 1. The van der Waals surface area contributed by atoms with Gasteiger partial charge in [-0.25, -0.2) is 0 Å². The lowest BCUT2D eigenvalue weighted by molar-refractivity contribution is 0.0401. The van der Waals surface area contributed by atoms with Crippen molar-refractivity contribution in [3.05, 3.63) is 64.7 Å². The van der Waals surface area contributed by atoms with E-state index < -0.39 is 0 Å². The van der Waals surface area contributed by atoms with Crippen molar-refractivity contribution in [2.45, 2.75) is 25.9 Å². The zero-order valence-corrected chi connectivity index (χ0v) is 13.9. The third kappa shape index (κ3) is 2.57. The molecule has 0 aromatic heterocycles. The molecule has 1 atom stereocenters. The van der Waals surface area contributed by atoms with Crippen LogP contribution >= 0.6 is 0 Å². The predicted molar refractivity (Wildman–Crippen MR) is 93.1 cm³/mol. The van der Waals surface area contributed by atoms with Gasteiger partial charge >= 0.3 is 0 Å². The average molecular weight is 322 g/mol. The molecule has 0 bridgehead atoms. The summed E-state index contributed by atoms with van der Waals surface area (Å²) in [6.07, 6.45) is 0.826. The first-order chi connectivity index (χ1) is 11.6. The van der Waals surface area contributed by atoms with E-state index in [4.69, 9.17) is 0 Å². The Kier molecular flexibility index (Phi) is 3.77. The molecule has 1 unspecified atom stereocenters. The van der Waals surface area contributed by atoms with Crippen LogP contribution in [0.1, 0.15) is 27.0 Å². The maximum atomic E-state index is 12.8. The van der Waals surface area contributed by atoms with Gasteiger partial charge in [0.2, 0.25) is 0 Å². The van der Waals surface area contributed by atoms with Crippen molar-refractivity contribution < 1.29 is 9.90 Å². The molecule has 4 heteroatoms. The lowest BCUT2D eigenvalue weighted by atomic mass is 9.88. The molecule has 2 aromatic carbocycles. The second kappa shape index (κ2) is 5.95. The van der Waals surface area contributed by atoms with E-state index in [1.807, 2.05) is 17.9 Å². The molecule has 0 aliphatic carbocycles. The molecule has 0 saturated carbocycles. The van der Waals surface area contributed by atoms with Gasteiger partial charge in [0, 0.05) is 37.8 Å². The summed E-state index contributed by atoms with van der Waals surface area (Å²) in [6, 6.07) is 14.1. The second-order valence-electron chi connectivity index (χ2n) is 6.81. The molecule has 4 rings (SSSR count). The topological polar surface area (TPSA) is 43.8 Å². The Balaban J connectivity index is 1.56. The fourth-order valence-corrected chi connectivity index (χ4v) is 3.95. The Bertz CT molecular complexity index is 773. The van der Waals surface area contributed by atoms with Gasteiger partial charge in [0.1, 0.15) is 5.75 Å². The number of phenolic OH excluding ortho intramolecular Hbond substituents is 1. The highest BCUT2D eigenvalue weighted by Crippen LogP contribution is 2.32. The third-order valence-electron chi connectivity index (χ3n) is 5.32. The van der Waals surface area contributed by atoms with E-state index in [2.05, 4.69) is 29.2 Å². The maximum absolute atomic E-state index is 12.8. The number of phenols is 1. The Morgan fingerprint density at radius 1 is 1.12 bits per heavy atom. The van der Waals surface area contributed by atoms with Crippen LogP contribution in [0.25, 0.3) is 0 Å². The molecule has 124 valence electrons. The molecule has 0 spiro atoms. The minimum atomic E-state index is 0.115. The molecule has 2 aliphatic heterocycles. The first kappa shape index (κ1) is 15.2. The van der Waals surface area contributed by atoms with Crippen LogP contribution in [0.15, 0.2) is 42.5 Å². The summed E-state index contributed by atoms with van der Waals surface area (Å²) in [5.74, 6) is 0.399. The predicted octanol–water partition coefficient (Wildman–Crippen LogP) is 2.58. The minimum Gasteiger partial charge on any atom is -0.508 e. The normalized spacial score (nSPS) is 20.6. The quantitative estimate of drug-likeness (QED) is 0.924. The molecule has 2 aliphatic rings. The highest BCUT2D eigenvalue weighted by atomic mass is 16.3. The van der Waals surface area contributed by atoms with E-state index >= 15 is 0 Å². The zero-order valence-electron chi connectivity index (χ0n) is 13.9. The first-order valence-corrected chi connectivity index (χ1v) is 8.52. The van der Waals surface area contributed by atoms with Crippen molar-refractivity contribution in [1.29, 1.82) is 0 Å².